The van der Waals surface area contributed by atoms with E-state index in [0.717, 1.165) is 47.5 Å². The minimum Gasteiger partial charge on any atom is -0.336 e. The van der Waals surface area contributed by atoms with E-state index in [2.05, 4.69) is 22.2 Å². The molecule has 0 unspecified atom stereocenters. The number of thiazole rings is 1. The van der Waals surface area contributed by atoms with Crippen molar-refractivity contribution in [3.05, 3.63) is 58.7 Å². The number of likely N-dealkylation sites (N-methyl/N-ethyl adjacent to an activating group) is 1. The minimum atomic E-state index is -0.180. The van der Waals surface area contributed by atoms with Crippen LogP contribution in [0.4, 0.5) is 5.13 Å². The number of hydrogen-bond donors (Lipinski definition) is 1. The van der Waals surface area contributed by atoms with E-state index in [1.807, 2.05) is 55.1 Å². The fraction of sp³-hybridized carbons (Fsp3) is 0.318. The predicted molar refractivity (Wildman–Crippen MR) is 117 cm³/mol. The van der Waals surface area contributed by atoms with Crippen molar-refractivity contribution in [3.8, 4) is 0 Å². The zero-order chi connectivity index (χ0) is 20.5. The number of piperazine rings is 1. The molecular weight excluding hydrogens is 384 g/mol. The molecule has 2 aromatic carbocycles. The Bertz CT molecular complexity index is 1080. The van der Waals surface area contributed by atoms with Crippen LogP contribution in [0, 0.1) is 13.8 Å². The molecule has 1 fully saturated rings. The summed E-state index contributed by atoms with van der Waals surface area (Å²) in [6, 6.07) is 11.2. The van der Waals surface area contributed by atoms with E-state index in [0.29, 0.717) is 16.3 Å². The molecule has 4 rings (SSSR count). The summed E-state index contributed by atoms with van der Waals surface area (Å²) < 4.78 is 0.889. The Labute approximate surface area is 174 Å². The lowest BCUT2D eigenvalue weighted by molar-refractivity contribution is 0.0664. The average molecular weight is 409 g/mol. The van der Waals surface area contributed by atoms with E-state index in [1.165, 1.54) is 11.3 Å². The molecule has 0 bridgehead atoms. The molecule has 2 amide bonds. The minimum absolute atomic E-state index is 0.0501. The summed E-state index contributed by atoms with van der Waals surface area (Å²) in [5, 5.41) is 3.41. The summed E-state index contributed by atoms with van der Waals surface area (Å²) in [6.45, 7) is 7.28. The molecule has 3 aromatic rings. The van der Waals surface area contributed by atoms with Crippen LogP contribution in [0.15, 0.2) is 36.4 Å². The second-order valence-corrected chi connectivity index (χ2v) is 8.58. The van der Waals surface area contributed by atoms with Crippen molar-refractivity contribution in [1.29, 1.82) is 0 Å². The number of nitrogens with one attached hydrogen (secondary N) is 1. The fourth-order valence-corrected chi connectivity index (χ4v) is 4.26. The fourth-order valence-electron chi connectivity index (χ4n) is 3.36. The van der Waals surface area contributed by atoms with Crippen molar-refractivity contribution < 1.29 is 9.59 Å². The second kappa shape index (κ2) is 7.93. The maximum absolute atomic E-state index is 12.8. The van der Waals surface area contributed by atoms with Crippen molar-refractivity contribution >= 4 is 38.5 Å². The normalized spacial score (nSPS) is 14.9. The maximum atomic E-state index is 12.8. The van der Waals surface area contributed by atoms with Gasteiger partial charge in [0.05, 0.1) is 10.2 Å². The topological polar surface area (TPSA) is 65.5 Å². The van der Waals surface area contributed by atoms with Gasteiger partial charge >= 0.3 is 0 Å². The standard InChI is InChI=1S/C22H24N4O2S/c1-14-4-5-16(12-15(14)2)20(27)24-22-23-18-7-6-17(13-19(18)29-22)21(28)26-10-8-25(3)9-11-26/h4-7,12-13H,8-11H2,1-3H3,(H,23,24,27). The molecule has 1 aromatic heterocycles. The molecule has 1 aliphatic rings. The average Bonchev–Trinajstić information content (AvgIpc) is 3.11. The molecule has 0 radical (unpaired) electrons. The van der Waals surface area contributed by atoms with Gasteiger partial charge in [-0.3, -0.25) is 14.9 Å². The third-order valence-electron chi connectivity index (χ3n) is 5.42. The number of anilines is 1. The molecule has 0 atom stereocenters. The molecular formula is C22H24N4O2S. The Balaban J connectivity index is 1.51. The summed E-state index contributed by atoms with van der Waals surface area (Å²) in [6.07, 6.45) is 0. The van der Waals surface area contributed by atoms with Gasteiger partial charge in [0, 0.05) is 37.3 Å². The van der Waals surface area contributed by atoms with E-state index in [9.17, 15) is 9.59 Å². The summed E-state index contributed by atoms with van der Waals surface area (Å²) in [5.41, 5.74) is 4.28. The zero-order valence-corrected chi connectivity index (χ0v) is 17.7. The van der Waals surface area contributed by atoms with Gasteiger partial charge in [0.15, 0.2) is 5.13 Å². The van der Waals surface area contributed by atoms with Gasteiger partial charge in [0.2, 0.25) is 0 Å². The first-order valence-electron chi connectivity index (χ1n) is 9.68. The zero-order valence-electron chi connectivity index (χ0n) is 16.9. The summed E-state index contributed by atoms with van der Waals surface area (Å²) >= 11 is 1.38. The predicted octanol–water partition coefficient (Wildman–Crippen LogP) is 3.55. The Morgan fingerprint density at radius 1 is 0.966 bits per heavy atom. The summed E-state index contributed by atoms with van der Waals surface area (Å²) in [4.78, 5) is 34.0. The molecule has 2 heterocycles. The molecule has 1 N–H and O–H groups in total. The number of hydrogen-bond acceptors (Lipinski definition) is 5. The molecule has 0 saturated carbocycles. The van der Waals surface area contributed by atoms with Crippen LogP contribution in [-0.4, -0.2) is 59.8 Å². The van der Waals surface area contributed by atoms with E-state index in [4.69, 9.17) is 0 Å². The Kier molecular flexibility index (Phi) is 5.34. The number of carbonyl (C=O) groups excluding carboxylic acids is 2. The smallest absolute Gasteiger partial charge is 0.257 e. The van der Waals surface area contributed by atoms with Crippen LogP contribution in [0.2, 0.25) is 0 Å². The van der Waals surface area contributed by atoms with Gasteiger partial charge in [-0.2, -0.15) is 0 Å². The van der Waals surface area contributed by atoms with E-state index in [1.54, 1.807) is 0 Å². The Morgan fingerprint density at radius 3 is 2.41 bits per heavy atom. The first-order chi connectivity index (χ1) is 13.9. The lowest BCUT2D eigenvalue weighted by Crippen LogP contribution is -2.47. The maximum Gasteiger partial charge on any atom is 0.257 e. The summed E-state index contributed by atoms with van der Waals surface area (Å²) in [5.74, 6) is -0.130. The van der Waals surface area contributed by atoms with Crippen LogP contribution in [0.25, 0.3) is 10.2 Å². The quantitative estimate of drug-likeness (QED) is 0.720. The van der Waals surface area contributed by atoms with E-state index < -0.39 is 0 Å². The van der Waals surface area contributed by atoms with Crippen molar-refractivity contribution in [2.75, 3.05) is 38.5 Å². The third kappa shape index (κ3) is 4.16. The lowest BCUT2D eigenvalue weighted by atomic mass is 10.1. The number of amides is 2. The van der Waals surface area contributed by atoms with Crippen molar-refractivity contribution in [1.82, 2.24) is 14.8 Å². The number of nitrogens with zero attached hydrogens (tertiary/aromatic N) is 3. The SMILES string of the molecule is Cc1ccc(C(=O)Nc2nc3ccc(C(=O)N4CCN(C)CC4)cc3s2)cc1C. The highest BCUT2D eigenvalue weighted by Crippen LogP contribution is 2.28. The number of rotatable bonds is 3. The number of benzene rings is 2. The largest absolute Gasteiger partial charge is 0.336 e. The van der Waals surface area contributed by atoms with Gasteiger partial charge in [0.1, 0.15) is 0 Å². The van der Waals surface area contributed by atoms with Crippen LogP contribution in [-0.2, 0) is 0 Å². The molecule has 7 heteroatoms. The van der Waals surface area contributed by atoms with Crippen molar-refractivity contribution in [2.24, 2.45) is 0 Å². The number of aryl methyl sites for hydroxylation is 2. The molecule has 150 valence electrons. The third-order valence-corrected chi connectivity index (χ3v) is 6.35. The van der Waals surface area contributed by atoms with Gasteiger partial charge in [-0.25, -0.2) is 4.98 Å². The molecule has 1 saturated heterocycles. The van der Waals surface area contributed by atoms with Crippen LogP contribution >= 0.6 is 11.3 Å². The number of fused-ring (bicyclic) bond motifs is 1. The highest BCUT2D eigenvalue weighted by Gasteiger charge is 2.21. The summed E-state index contributed by atoms with van der Waals surface area (Å²) in [7, 11) is 2.07. The van der Waals surface area contributed by atoms with E-state index in [-0.39, 0.29) is 11.8 Å². The second-order valence-electron chi connectivity index (χ2n) is 7.55. The molecule has 6 nitrogen and oxygen atoms in total. The van der Waals surface area contributed by atoms with Crippen LogP contribution in [0.3, 0.4) is 0 Å². The van der Waals surface area contributed by atoms with Crippen LogP contribution in [0.1, 0.15) is 31.8 Å². The van der Waals surface area contributed by atoms with E-state index >= 15 is 0 Å². The molecule has 0 aliphatic carbocycles. The van der Waals surface area contributed by atoms with Gasteiger partial charge in [-0.15, -0.1) is 0 Å². The van der Waals surface area contributed by atoms with Crippen molar-refractivity contribution in [2.45, 2.75) is 13.8 Å². The molecule has 1 aliphatic heterocycles. The monoisotopic (exact) mass is 408 g/mol. The first-order valence-corrected chi connectivity index (χ1v) is 10.5. The Hall–Kier alpha value is -2.77. The van der Waals surface area contributed by atoms with Gasteiger partial charge < -0.3 is 9.80 Å². The van der Waals surface area contributed by atoms with Gasteiger partial charge in [-0.05, 0) is 62.4 Å². The van der Waals surface area contributed by atoms with Crippen molar-refractivity contribution in [3.63, 3.8) is 0 Å². The van der Waals surface area contributed by atoms with Gasteiger partial charge in [0.25, 0.3) is 11.8 Å². The van der Waals surface area contributed by atoms with Gasteiger partial charge in [-0.1, -0.05) is 17.4 Å². The van der Waals surface area contributed by atoms with Crippen LogP contribution in [0.5, 0.6) is 0 Å². The Morgan fingerprint density at radius 2 is 1.69 bits per heavy atom. The van der Waals surface area contributed by atoms with Crippen LogP contribution < -0.4 is 5.32 Å². The molecule has 0 spiro atoms. The molecule has 29 heavy (non-hydrogen) atoms. The highest BCUT2D eigenvalue weighted by atomic mass is 32.1. The highest BCUT2D eigenvalue weighted by molar-refractivity contribution is 7.22. The number of aromatic nitrogens is 1. The number of carbonyl (C=O) groups is 2. The first kappa shape index (κ1) is 19.5. The lowest BCUT2D eigenvalue weighted by Gasteiger charge is -2.32.